The van der Waals surface area contributed by atoms with Gasteiger partial charge >= 0.3 is 12.1 Å². The molecule has 2 saturated heterocycles. The van der Waals surface area contributed by atoms with Gasteiger partial charge in [0.1, 0.15) is 17.7 Å². The summed E-state index contributed by atoms with van der Waals surface area (Å²) in [6.07, 6.45) is 3.63. The Balaban J connectivity index is 2.11. The number of amides is 2. The number of carboxylic acids is 1. The molecule has 130 valence electrons. The van der Waals surface area contributed by atoms with E-state index in [9.17, 15) is 19.5 Å². The molecule has 7 heteroatoms. The first kappa shape index (κ1) is 17.6. The Hall–Kier alpha value is -1.79. The molecule has 23 heavy (non-hydrogen) atoms. The van der Waals surface area contributed by atoms with Crippen molar-refractivity contribution >= 4 is 18.0 Å². The minimum Gasteiger partial charge on any atom is -0.480 e. The van der Waals surface area contributed by atoms with E-state index in [0.29, 0.717) is 19.3 Å². The van der Waals surface area contributed by atoms with E-state index < -0.39 is 29.7 Å². The van der Waals surface area contributed by atoms with E-state index in [1.54, 1.807) is 20.8 Å². The standard InChI is InChI=1S/C16H26N2O5/c1-16(2,3)23-15(22)17-11-7-5-4-6-10-8-9-12(14(20)21)18(10)13(11)19/h10-12H,4-9H2,1-3H3,(H,17,22)(H,20,21). The molecule has 7 nitrogen and oxygen atoms in total. The van der Waals surface area contributed by atoms with Crippen LogP contribution in [0.1, 0.15) is 59.3 Å². The largest absolute Gasteiger partial charge is 0.480 e. The number of nitrogens with one attached hydrogen (secondary N) is 1. The molecular weight excluding hydrogens is 300 g/mol. The van der Waals surface area contributed by atoms with Gasteiger partial charge in [0.15, 0.2) is 0 Å². The Morgan fingerprint density at radius 1 is 1.17 bits per heavy atom. The number of fused-ring (bicyclic) bond motifs is 1. The minimum atomic E-state index is -0.975. The maximum absolute atomic E-state index is 12.8. The van der Waals surface area contributed by atoms with Crippen molar-refractivity contribution in [2.75, 3.05) is 0 Å². The van der Waals surface area contributed by atoms with E-state index >= 15 is 0 Å². The number of carbonyl (C=O) groups excluding carboxylic acids is 2. The van der Waals surface area contributed by atoms with Gasteiger partial charge in [0.25, 0.3) is 0 Å². The van der Waals surface area contributed by atoms with Gasteiger partial charge in [-0.15, -0.1) is 0 Å². The Kier molecular flexibility index (Phi) is 5.16. The van der Waals surface area contributed by atoms with E-state index in [1.165, 1.54) is 4.90 Å². The number of hydrogen-bond donors (Lipinski definition) is 2. The van der Waals surface area contributed by atoms with Crippen LogP contribution in [0.25, 0.3) is 0 Å². The third kappa shape index (κ3) is 4.36. The molecule has 3 atom stereocenters. The molecule has 2 aliphatic rings. The predicted octanol–water partition coefficient (Wildman–Crippen LogP) is 1.90. The Bertz CT molecular complexity index is 485. The van der Waals surface area contributed by atoms with Gasteiger partial charge < -0.3 is 20.1 Å². The molecule has 0 radical (unpaired) electrons. The monoisotopic (exact) mass is 326 g/mol. The van der Waals surface area contributed by atoms with Crippen LogP contribution in [0.15, 0.2) is 0 Å². The first-order chi connectivity index (χ1) is 10.7. The smallest absolute Gasteiger partial charge is 0.408 e. The molecule has 0 aliphatic carbocycles. The quantitative estimate of drug-likeness (QED) is 0.808. The average molecular weight is 326 g/mol. The second kappa shape index (κ2) is 6.76. The number of aliphatic carboxylic acids is 1. The average Bonchev–Trinajstić information content (AvgIpc) is 2.81. The lowest BCUT2D eigenvalue weighted by Gasteiger charge is -2.34. The summed E-state index contributed by atoms with van der Waals surface area (Å²) in [5, 5.41) is 12.0. The van der Waals surface area contributed by atoms with Crippen LogP contribution in [-0.2, 0) is 14.3 Å². The highest BCUT2D eigenvalue weighted by atomic mass is 16.6. The van der Waals surface area contributed by atoms with Gasteiger partial charge in [0.05, 0.1) is 0 Å². The van der Waals surface area contributed by atoms with Gasteiger partial charge in [-0.05, 0) is 46.5 Å². The molecule has 0 aromatic rings. The first-order valence-corrected chi connectivity index (χ1v) is 8.23. The lowest BCUT2D eigenvalue weighted by atomic mass is 9.99. The van der Waals surface area contributed by atoms with Crippen molar-refractivity contribution in [3.05, 3.63) is 0 Å². The predicted molar refractivity (Wildman–Crippen MR) is 82.9 cm³/mol. The lowest BCUT2D eigenvalue weighted by Crippen LogP contribution is -2.55. The highest BCUT2D eigenvalue weighted by molar-refractivity contribution is 5.90. The molecule has 0 aromatic carbocycles. The number of alkyl carbamates (subject to hydrolysis) is 1. The second-order valence-electron chi connectivity index (χ2n) is 7.31. The van der Waals surface area contributed by atoms with Crippen LogP contribution in [0, 0.1) is 0 Å². The molecule has 2 N–H and O–H groups in total. The van der Waals surface area contributed by atoms with Crippen molar-refractivity contribution in [1.29, 1.82) is 0 Å². The molecule has 2 fully saturated rings. The number of carbonyl (C=O) groups is 3. The first-order valence-electron chi connectivity index (χ1n) is 8.23. The van der Waals surface area contributed by atoms with Gasteiger partial charge in [0.2, 0.25) is 5.91 Å². The van der Waals surface area contributed by atoms with Gasteiger partial charge in [-0.1, -0.05) is 12.8 Å². The molecule has 0 saturated carbocycles. The molecule has 0 bridgehead atoms. The zero-order valence-electron chi connectivity index (χ0n) is 14.0. The molecule has 2 heterocycles. The Morgan fingerprint density at radius 3 is 2.43 bits per heavy atom. The van der Waals surface area contributed by atoms with Crippen molar-refractivity contribution in [1.82, 2.24) is 10.2 Å². The number of nitrogens with zero attached hydrogens (tertiary/aromatic N) is 1. The maximum atomic E-state index is 12.8. The molecule has 3 unspecified atom stereocenters. The van der Waals surface area contributed by atoms with E-state index in [0.717, 1.165) is 19.3 Å². The fourth-order valence-corrected chi connectivity index (χ4v) is 3.36. The van der Waals surface area contributed by atoms with Gasteiger partial charge in [-0.3, -0.25) is 4.79 Å². The minimum absolute atomic E-state index is 0.0353. The third-order valence-corrected chi connectivity index (χ3v) is 4.31. The molecule has 2 aliphatic heterocycles. The van der Waals surface area contributed by atoms with Crippen LogP contribution in [0.4, 0.5) is 4.79 Å². The summed E-state index contributed by atoms with van der Waals surface area (Å²) in [5.74, 6) is -1.28. The summed E-state index contributed by atoms with van der Waals surface area (Å²) in [6.45, 7) is 5.26. The Morgan fingerprint density at radius 2 is 1.83 bits per heavy atom. The third-order valence-electron chi connectivity index (χ3n) is 4.31. The highest BCUT2D eigenvalue weighted by Crippen LogP contribution is 2.31. The van der Waals surface area contributed by atoms with Gasteiger partial charge in [-0.2, -0.15) is 0 Å². The fraction of sp³-hybridized carbons (Fsp3) is 0.812. The summed E-state index contributed by atoms with van der Waals surface area (Å²) in [4.78, 5) is 37.6. The van der Waals surface area contributed by atoms with Crippen LogP contribution in [0.3, 0.4) is 0 Å². The van der Waals surface area contributed by atoms with E-state index in [1.807, 2.05) is 0 Å². The summed E-state index contributed by atoms with van der Waals surface area (Å²) >= 11 is 0. The van der Waals surface area contributed by atoms with E-state index in [4.69, 9.17) is 4.74 Å². The molecule has 2 rings (SSSR count). The summed E-state index contributed by atoms with van der Waals surface area (Å²) in [5.41, 5.74) is -0.644. The normalized spacial score (nSPS) is 28.6. The fourth-order valence-electron chi connectivity index (χ4n) is 3.36. The lowest BCUT2D eigenvalue weighted by molar-refractivity contribution is -0.151. The van der Waals surface area contributed by atoms with E-state index in [2.05, 4.69) is 5.32 Å². The number of hydrogen-bond acceptors (Lipinski definition) is 4. The van der Waals surface area contributed by atoms with E-state index in [-0.39, 0.29) is 11.9 Å². The van der Waals surface area contributed by atoms with Crippen LogP contribution in [0.5, 0.6) is 0 Å². The summed E-state index contributed by atoms with van der Waals surface area (Å²) < 4.78 is 5.21. The second-order valence-corrected chi connectivity index (χ2v) is 7.31. The zero-order valence-corrected chi connectivity index (χ0v) is 14.0. The van der Waals surface area contributed by atoms with Crippen molar-refractivity contribution in [3.63, 3.8) is 0 Å². The highest BCUT2D eigenvalue weighted by Gasteiger charge is 2.44. The topological polar surface area (TPSA) is 95.9 Å². The van der Waals surface area contributed by atoms with Crippen molar-refractivity contribution in [2.45, 2.75) is 83.0 Å². The van der Waals surface area contributed by atoms with Crippen molar-refractivity contribution in [3.8, 4) is 0 Å². The summed E-state index contributed by atoms with van der Waals surface area (Å²) in [6, 6.07) is -1.53. The van der Waals surface area contributed by atoms with Gasteiger partial charge in [0, 0.05) is 6.04 Å². The van der Waals surface area contributed by atoms with Gasteiger partial charge in [-0.25, -0.2) is 9.59 Å². The molecule has 2 amide bonds. The van der Waals surface area contributed by atoms with Crippen molar-refractivity contribution in [2.24, 2.45) is 0 Å². The number of carboxylic acid groups (broad SMARTS) is 1. The zero-order chi connectivity index (χ0) is 17.2. The van der Waals surface area contributed by atoms with Crippen LogP contribution in [0.2, 0.25) is 0 Å². The summed E-state index contributed by atoms with van der Waals surface area (Å²) in [7, 11) is 0. The van der Waals surface area contributed by atoms with Crippen LogP contribution in [-0.4, -0.2) is 51.7 Å². The maximum Gasteiger partial charge on any atom is 0.408 e. The number of rotatable bonds is 2. The van der Waals surface area contributed by atoms with Crippen molar-refractivity contribution < 1.29 is 24.2 Å². The SMILES string of the molecule is CC(C)(C)OC(=O)NC1CCCCC2CCC(C(=O)O)N2C1=O. The van der Waals surface area contributed by atoms with Crippen LogP contribution < -0.4 is 5.32 Å². The molecule has 0 aromatic heterocycles. The molecule has 0 spiro atoms. The number of ether oxygens (including phenoxy) is 1. The van der Waals surface area contributed by atoms with Crippen LogP contribution >= 0.6 is 0 Å². The Labute approximate surface area is 136 Å². The molecular formula is C16H26N2O5.